The number of aromatic carboxylic acids is 1. The van der Waals surface area contributed by atoms with E-state index in [0.29, 0.717) is 0 Å². The summed E-state index contributed by atoms with van der Waals surface area (Å²) in [5, 5.41) is 9.38. The van der Waals surface area contributed by atoms with Crippen molar-refractivity contribution >= 4 is 27.4 Å². The van der Waals surface area contributed by atoms with Crippen LogP contribution < -0.4 is 9.62 Å². The molecule has 1 aliphatic rings. The fraction of sp³-hybridized carbons (Fsp3) is 0.533. The summed E-state index contributed by atoms with van der Waals surface area (Å²) in [6, 6.07) is 4.83. The maximum Gasteiger partial charge on any atom is 0.337 e. The highest BCUT2D eigenvalue weighted by atomic mass is 32.2. The maximum atomic E-state index is 11.7. The molecule has 0 radical (unpaired) electrons. The number of likely N-dealkylation sites (N-methyl/N-ethyl adjacent to an activating group) is 1. The fourth-order valence-corrected chi connectivity index (χ4v) is 3.21. The number of anilines is 2. The number of nitrogens with zero attached hydrogens (tertiary/aromatic N) is 2. The van der Waals surface area contributed by atoms with Crippen molar-refractivity contribution in [2.24, 2.45) is 0 Å². The molecule has 1 aromatic rings. The Hall–Kier alpha value is -1.80. The molecule has 2 N–H and O–H groups in total. The average molecular weight is 341 g/mol. The molecule has 0 spiro atoms. The number of carboxylic acids is 1. The Balaban J connectivity index is 2.24. The highest BCUT2D eigenvalue weighted by Crippen LogP contribution is 2.25. The van der Waals surface area contributed by atoms with Gasteiger partial charge in [-0.15, -0.1) is 0 Å². The second kappa shape index (κ2) is 7.18. The summed E-state index contributed by atoms with van der Waals surface area (Å²) in [5.41, 5.74) is 0.880. The van der Waals surface area contributed by atoms with Gasteiger partial charge in [-0.2, -0.15) is 0 Å². The molecule has 0 aromatic heterocycles. The van der Waals surface area contributed by atoms with Gasteiger partial charge in [-0.3, -0.25) is 4.72 Å². The van der Waals surface area contributed by atoms with Crippen LogP contribution in [0.4, 0.5) is 11.4 Å². The van der Waals surface area contributed by atoms with E-state index in [0.717, 1.165) is 38.4 Å². The highest BCUT2D eigenvalue weighted by Gasteiger charge is 2.20. The molecule has 128 valence electrons. The SMILES string of the molecule is CCN1CCN(c2ccc(NS(=O)(=O)CC)c(C(=O)O)c2)CC1. The molecule has 1 saturated heterocycles. The molecule has 1 aliphatic heterocycles. The van der Waals surface area contributed by atoms with Gasteiger partial charge in [0.2, 0.25) is 10.0 Å². The lowest BCUT2D eigenvalue weighted by Crippen LogP contribution is -2.46. The van der Waals surface area contributed by atoms with E-state index in [1.54, 1.807) is 6.07 Å². The Morgan fingerprint density at radius 1 is 1.22 bits per heavy atom. The summed E-state index contributed by atoms with van der Waals surface area (Å²) in [6.07, 6.45) is 0. The number of rotatable bonds is 6. The van der Waals surface area contributed by atoms with Gasteiger partial charge >= 0.3 is 5.97 Å². The third kappa shape index (κ3) is 4.35. The van der Waals surface area contributed by atoms with E-state index >= 15 is 0 Å². The second-order valence-corrected chi connectivity index (χ2v) is 7.47. The molecule has 8 heteroatoms. The third-order valence-electron chi connectivity index (χ3n) is 4.06. The maximum absolute atomic E-state index is 11.7. The van der Waals surface area contributed by atoms with Crippen LogP contribution in [0.5, 0.6) is 0 Å². The zero-order valence-electron chi connectivity index (χ0n) is 13.4. The van der Waals surface area contributed by atoms with E-state index < -0.39 is 16.0 Å². The topological polar surface area (TPSA) is 90.0 Å². The molecule has 0 saturated carbocycles. The quantitative estimate of drug-likeness (QED) is 0.810. The van der Waals surface area contributed by atoms with Crippen molar-refractivity contribution in [2.45, 2.75) is 13.8 Å². The summed E-state index contributed by atoms with van der Waals surface area (Å²) in [5.74, 6) is -1.25. The van der Waals surface area contributed by atoms with Gasteiger partial charge in [-0.1, -0.05) is 6.92 Å². The first-order valence-corrected chi connectivity index (χ1v) is 9.36. The first-order valence-electron chi connectivity index (χ1n) is 7.71. The van der Waals surface area contributed by atoms with E-state index in [1.165, 1.54) is 19.1 Å². The summed E-state index contributed by atoms with van der Waals surface area (Å²) >= 11 is 0. The Kier molecular flexibility index (Phi) is 5.48. The Bertz CT molecular complexity index is 667. The minimum absolute atomic E-state index is 0.0301. The molecule has 0 atom stereocenters. The van der Waals surface area contributed by atoms with E-state index in [9.17, 15) is 18.3 Å². The largest absolute Gasteiger partial charge is 0.478 e. The lowest BCUT2D eigenvalue weighted by molar-refractivity contribution is 0.0698. The van der Waals surface area contributed by atoms with Gasteiger partial charge < -0.3 is 14.9 Å². The molecular formula is C15H23N3O4S. The molecule has 2 rings (SSSR count). The Labute approximate surface area is 136 Å². The summed E-state index contributed by atoms with van der Waals surface area (Å²) < 4.78 is 25.7. The highest BCUT2D eigenvalue weighted by molar-refractivity contribution is 7.92. The minimum Gasteiger partial charge on any atom is -0.478 e. The van der Waals surface area contributed by atoms with E-state index in [-0.39, 0.29) is 17.0 Å². The lowest BCUT2D eigenvalue weighted by atomic mass is 10.1. The molecule has 0 amide bonds. The fourth-order valence-electron chi connectivity index (χ4n) is 2.56. The summed E-state index contributed by atoms with van der Waals surface area (Å²) in [7, 11) is -3.51. The molecule has 1 heterocycles. The van der Waals surface area contributed by atoms with Crippen LogP contribution in [0.25, 0.3) is 0 Å². The standard InChI is InChI=1S/C15H23N3O4S/c1-3-17-7-9-18(10-8-17)12-5-6-14(13(11-12)15(19)20)16-23(21,22)4-2/h5-6,11,16H,3-4,7-10H2,1-2H3,(H,19,20). The molecule has 7 nitrogen and oxygen atoms in total. The minimum atomic E-state index is -3.51. The second-order valence-electron chi connectivity index (χ2n) is 5.46. The van der Waals surface area contributed by atoms with Crippen LogP contribution in [-0.2, 0) is 10.0 Å². The summed E-state index contributed by atoms with van der Waals surface area (Å²) in [6.45, 7) is 8.15. The smallest absolute Gasteiger partial charge is 0.337 e. The van der Waals surface area contributed by atoms with E-state index in [2.05, 4.69) is 21.4 Å². The van der Waals surface area contributed by atoms with Gasteiger partial charge in [0, 0.05) is 31.9 Å². The van der Waals surface area contributed by atoms with Crippen molar-refractivity contribution in [3.63, 3.8) is 0 Å². The number of piperazine rings is 1. The normalized spacial score (nSPS) is 16.3. The molecule has 0 bridgehead atoms. The van der Waals surface area contributed by atoms with Crippen LogP contribution in [0.1, 0.15) is 24.2 Å². The van der Waals surface area contributed by atoms with Crippen molar-refractivity contribution in [3.8, 4) is 0 Å². The van der Waals surface area contributed by atoms with E-state index in [1.807, 2.05) is 0 Å². The predicted octanol–water partition coefficient (Wildman–Crippen LogP) is 1.29. The summed E-state index contributed by atoms with van der Waals surface area (Å²) in [4.78, 5) is 15.9. The van der Waals surface area contributed by atoms with Crippen molar-refractivity contribution in [1.82, 2.24) is 4.90 Å². The van der Waals surface area contributed by atoms with Gasteiger partial charge in [0.25, 0.3) is 0 Å². The van der Waals surface area contributed by atoms with Crippen LogP contribution in [0.15, 0.2) is 18.2 Å². The number of carbonyl (C=O) groups is 1. The van der Waals surface area contributed by atoms with Gasteiger partial charge in [-0.05, 0) is 31.7 Å². The number of hydrogen-bond acceptors (Lipinski definition) is 5. The van der Waals surface area contributed by atoms with Crippen LogP contribution in [-0.4, -0.2) is 62.9 Å². The molecule has 0 unspecified atom stereocenters. The predicted molar refractivity (Wildman–Crippen MR) is 90.8 cm³/mol. The third-order valence-corrected chi connectivity index (χ3v) is 5.35. The Morgan fingerprint density at radius 2 is 1.87 bits per heavy atom. The monoisotopic (exact) mass is 341 g/mol. The van der Waals surface area contributed by atoms with Crippen LogP contribution in [0.3, 0.4) is 0 Å². The van der Waals surface area contributed by atoms with Gasteiger partial charge in [-0.25, -0.2) is 13.2 Å². The zero-order chi connectivity index (χ0) is 17.0. The van der Waals surface area contributed by atoms with Gasteiger partial charge in [0.1, 0.15) is 0 Å². The molecule has 1 aromatic carbocycles. The molecular weight excluding hydrogens is 318 g/mol. The molecule has 1 fully saturated rings. The lowest BCUT2D eigenvalue weighted by Gasteiger charge is -2.35. The number of sulfonamides is 1. The van der Waals surface area contributed by atoms with Crippen LogP contribution in [0.2, 0.25) is 0 Å². The van der Waals surface area contributed by atoms with Gasteiger partial charge in [0.15, 0.2) is 0 Å². The molecule has 0 aliphatic carbocycles. The van der Waals surface area contributed by atoms with Crippen molar-refractivity contribution < 1.29 is 18.3 Å². The molecule has 23 heavy (non-hydrogen) atoms. The number of benzene rings is 1. The number of carboxylic acid groups (broad SMARTS) is 1. The Morgan fingerprint density at radius 3 is 2.39 bits per heavy atom. The van der Waals surface area contributed by atoms with Crippen molar-refractivity contribution in [2.75, 3.05) is 48.1 Å². The zero-order valence-corrected chi connectivity index (χ0v) is 14.3. The first-order chi connectivity index (χ1) is 10.9. The number of hydrogen-bond donors (Lipinski definition) is 2. The van der Waals surface area contributed by atoms with Crippen molar-refractivity contribution in [1.29, 1.82) is 0 Å². The number of nitrogens with one attached hydrogen (secondary N) is 1. The van der Waals surface area contributed by atoms with E-state index in [4.69, 9.17) is 0 Å². The van der Waals surface area contributed by atoms with Gasteiger partial charge in [0.05, 0.1) is 17.0 Å². The van der Waals surface area contributed by atoms with Crippen LogP contribution in [0, 0.1) is 0 Å². The first kappa shape index (κ1) is 17.6. The van der Waals surface area contributed by atoms with Crippen LogP contribution >= 0.6 is 0 Å². The van der Waals surface area contributed by atoms with Crippen molar-refractivity contribution in [3.05, 3.63) is 23.8 Å². The average Bonchev–Trinajstić information content (AvgIpc) is 2.55.